The van der Waals surface area contributed by atoms with Crippen LogP contribution in [0.5, 0.6) is 0 Å². The summed E-state index contributed by atoms with van der Waals surface area (Å²) >= 11 is 0. The van der Waals surface area contributed by atoms with E-state index in [1.807, 2.05) is 21.7 Å². The van der Waals surface area contributed by atoms with Crippen LogP contribution in [-0.2, 0) is 9.53 Å². The number of amides is 1. The lowest BCUT2D eigenvalue weighted by atomic mass is 10.0. The Balaban J connectivity index is 1.43. The van der Waals surface area contributed by atoms with Gasteiger partial charge in [0.25, 0.3) is 0 Å². The second kappa shape index (κ2) is 9.75. The normalized spacial score (nSPS) is 20.8. The molecule has 10 heteroatoms. The quantitative estimate of drug-likeness (QED) is 0.443. The van der Waals surface area contributed by atoms with Crippen LogP contribution in [0.3, 0.4) is 0 Å². The van der Waals surface area contributed by atoms with Crippen LogP contribution >= 0.6 is 0 Å². The number of aromatic nitrogens is 5. The number of hydrogen-bond donors (Lipinski definition) is 1. The molecule has 5 heterocycles. The highest BCUT2D eigenvalue weighted by Gasteiger charge is 2.31. The number of nitrogen functional groups attached to an aromatic ring is 1. The van der Waals surface area contributed by atoms with Crippen LogP contribution in [0.2, 0.25) is 0 Å². The molecule has 2 fully saturated rings. The number of carbonyl (C=O) groups excluding carboxylic acids is 1. The van der Waals surface area contributed by atoms with Gasteiger partial charge < -0.3 is 20.3 Å². The molecular weight excluding hydrogens is 480 g/mol. The Bertz CT molecular complexity index is 1460. The number of nitrogens with two attached hydrogens (primary N) is 1. The highest BCUT2D eigenvalue weighted by Crippen LogP contribution is 2.38. The zero-order chi connectivity index (χ0) is 26.4. The first-order valence-electron chi connectivity index (χ1n) is 13.3. The van der Waals surface area contributed by atoms with Gasteiger partial charge in [-0.15, -0.1) is 0 Å². The van der Waals surface area contributed by atoms with Crippen LogP contribution in [0.25, 0.3) is 28.0 Å². The third kappa shape index (κ3) is 4.18. The van der Waals surface area contributed by atoms with Gasteiger partial charge in [-0.25, -0.2) is 9.50 Å². The molecule has 2 saturated heterocycles. The highest BCUT2D eigenvalue weighted by atomic mass is 16.5. The molecule has 2 aliphatic rings. The van der Waals surface area contributed by atoms with Gasteiger partial charge in [0.15, 0.2) is 5.82 Å². The van der Waals surface area contributed by atoms with Gasteiger partial charge in [-0.1, -0.05) is 12.1 Å². The van der Waals surface area contributed by atoms with Gasteiger partial charge in [0, 0.05) is 68.3 Å². The van der Waals surface area contributed by atoms with E-state index in [0.29, 0.717) is 18.9 Å². The van der Waals surface area contributed by atoms with Gasteiger partial charge in [-0.05, 0) is 51.0 Å². The summed E-state index contributed by atoms with van der Waals surface area (Å²) in [7, 11) is 0. The van der Waals surface area contributed by atoms with E-state index in [1.54, 1.807) is 6.92 Å². The maximum atomic E-state index is 12.0. The van der Waals surface area contributed by atoms with Crippen LogP contribution in [0.1, 0.15) is 39.7 Å². The molecule has 2 atom stereocenters. The lowest BCUT2D eigenvalue weighted by Crippen LogP contribution is -2.58. The molecule has 0 spiro atoms. The van der Waals surface area contributed by atoms with E-state index in [0.717, 1.165) is 59.8 Å². The second-order valence-corrected chi connectivity index (χ2v) is 10.4. The maximum absolute atomic E-state index is 12.0. The highest BCUT2D eigenvalue weighted by molar-refractivity contribution is 5.91. The molecule has 2 aliphatic heterocycles. The Labute approximate surface area is 222 Å². The Morgan fingerprint density at radius 1 is 1.03 bits per heavy atom. The number of benzene rings is 1. The van der Waals surface area contributed by atoms with Crippen LogP contribution in [0, 0.1) is 0 Å². The second-order valence-electron chi connectivity index (χ2n) is 10.4. The van der Waals surface area contributed by atoms with Crippen molar-refractivity contribution in [3.05, 3.63) is 48.9 Å². The summed E-state index contributed by atoms with van der Waals surface area (Å²) < 4.78 is 9.57. The van der Waals surface area contributed by atoms with Gasteiger partial charge in [-0.3, -0.25) is 9.48 Å². The number of hydrogen-bond acceptors (Lipinski definition) is 7. The largest absolute Gasteiger partial charge is 0.382 e. The summed E-state index contributed by atoms with van der Waals surface area (Å²) in [6.07, 6.45) is 5.20. The number of nitrogens with zero attached hydrogens (tertiary/aromatic N) is 7. The number of anilines is 2. The summed E-state index contributed by atoms with van der Waals surface area (Å²) in [4.78, 5) is 20.7. The number of ether oxygens (including phenoxy) is 1. The first-order valence-corrected chi connectivity index (χ1v) is 13.3. The van der Waals surface area contributed by atoms with E-state index in [4.69, 9.17) is 10.5 Å². The summed E-state index contributed by atoms with van der Waals surface area (Å²) in [6.45, 7) is 8.89. The maximum Gasteiger partial charge on any atom is 0.219 e. The van der Waals surface area contributed by atoms with Crippen LogP contribution in [-0.4, -0.2) is 73.6 Å². The molecule has 6 rings (SSSR count). The Kier molecular flexibility index (Phi) is 6.27. The van der Waals surface area contributed by atoms with Crippen molar-refractivity contribution < 1.29 is 9.53 Å². The summed E-state index contributed by atoms with van der Waals surface area (Å²) in [5, 5.41) is 9.29. The fraction of sp³-hybridized carbons (Fsp3) is 0.429. The molecule has 2 N–H and O–H groups in total. The predicted octanol–water partition coefficient (Wildman–Crippen LogP) is 3.64. The van der Waals surface area contributed by atoms with Crippen molar-refractivity contribution in [3.63, 3.8) is 0 Å². The minimum atomic E-state index is 0.126. The summed E-state index contributed by atoms with van der Waals surface area (Å²) in [5.41, 5.74) is 12.3. The van der Waals surface area contributed by atoms with Crippen molar-refractivity contribution in [1.82, 2.24) is 29.3 Å². The van der Waals surface area contributed by atoms with E-state index in [-0.39, 0.29) is 24.0 Å². The minimum Gasteiger partial charge on any atom is -0.382 e. The van der Waals surface area contributed by atoms with E-state index in [2.05, 4.69) is 68.9 Å². The van der Waals surface area contributed by atoms with Gasteiger partial charge in [-0.2, -0.15) is 10.2 Å². The zero-order valence-electron chi connectivity index (χ0n) is 22.1. The van der Waals surface area contributed by atoms with Crippen LogP contribution in [0.15, 0.2) is 48.9 Å². The average Bonchev–Trinajstić information content (AvgIpc) is 3.55. The topological polar surface area (TPSA) is 107 Å². The van der Waals surface area contributed by atoms with Gasteiger partial charge in [0.1, 0.15) is 11.8 Å². The van der Waals surface area contributed by atoms with Gasteiger partial charge >= 0.3 is 0 Å². The third-order valence-corrected chi connectivity index (χ3v) is 7.87. The number of piperazine rings is 1. The Morgan fingerprint density at radius 3 is 2.53 bits per heavy atom. The van der Waals surface area contributed by atoms with Crippen molar-refractivity contribution in [3.8, 4) is 22.5 Å². The lowest BCUT2D eigenvalue weighted by molar-refractivity contribution is -0.130. The Hall–Kier alpha value is -3.92. The molecule has 38 heavy (non-hydrogen) atoms. The molecule has 4 aromatic rings. The van der Waals surface area contributed by atoms with E-state index in [1.165, 1.54) is 6.33 Å². The zero-order valence-corrected chi connectivity index (χ0v) is 22.1. The van der Waals surface area contributed by atoms with Crippen molar-refractivity contribution >= 4 is 22.9 Å². The Morgan fingerprint density at radius 2 is 1.79 bits per heavy atom. The molecule has 10 nitrogen and oxygen atoms in total. The van der Waals surface area contributed by atoms with Crippen molar-refractivity contribution in [2.75, 3.05) is 36.9 Å². The first kappa shape index (κ1) is 24.4. The van der Waals surface area contributed by atoms with E-state index < -0.39 is 0 Å². The standard InChI is InChI=1S/C28H34N8O2/c1-18-15-33(20(3)37)16-19(2)34(18)23-6-4-5-21(13-23)26-14-24(27-28(29)30-17-32-36(26)27)25-7-10-31-35(25)22-8-11-38-12-9-22/h4-7,10,13-14,17-19,22H,8-9,11-12,15-16H2,1-3H3,(H2,29,30,32)/t18-,19+. The lowest BCUT2D eigenvalue weighted by Gasteiger charge is -2.45. The van der Waals surface area contributed by atoms with Crippen LogP contribution in [0.4, 0.5) is 11.5 Å². The van der Waals surface area contributed by atoms with Crippen LogP contribution < -0.4 is 10.6 Å². The number of carbonyl (C=O) groups is 1. The number of rotatable bonds is 4. The number of fused-ring (bicyclic) bond motifs is 1. The van der Waals surface area contributed by atoms with E-state index >= 15 is 0 Å². The molecule has 1 amide bonds. The van der Waals surface area contributed by atoms with Crippen molar-refractivity contribution in [2.24, 2.45) is 0 Å². The molecule has 3 aromatic heterocycles. The summed E-state index contributed by atoms with van der Waals surface area (Å²) in [5.74, 6) is 0.557. The van der Waals surface area contributed by atoms with Gasteiger partial charge in [0.05, 0.1) is 17.4 Å². The third-order valence-electron chi connectivity index (χ3n) is 7.87. The predicted molar refractivity (Wildman–Crippen MR) is 147 cm³/mol. The molecule has 0 saturated carbocycles. The van der Waals surface area contributed by atoms with Crippen molar-refractivity contribution in [1.29, 1.82) is 0 Å². The fourth-order valence-electron chi connectivity index (χ4n) is 6.13. The molecule has 0 bridgehead atoms. The summed E-state index contributed by atoms with van der Waals surface area (Å²) in [6, 6.07) is 13.4. The smallest absolute Gasteiger partial charge is 0.219 e. The molecule has 0 unspecified atom stereocenters. The average molecular weight is 515 g/mol. The molecule has 0 radical (unpaired) electrons. The van der Waals surface area contributed by atoms with Crippen molar-refractivity contribution in [2.45, 2.75) is 51.7 Å². The fourth-order valence-corrected chi connectivity index (χ4v) is 6.13. The molecule has 0 aliphatic carbocycles. The SMILES string of the molecule is CC(=O)N1C[C@@H](C)N(c2cccc(-c3cc(-c4ccnn4C4CCOCC4)c4c(N)ncnn34)c2)[C@@H](C)C1. The molecule has 1 aromatic carbocycles. The van der Waals surface area contributed by atoms with Gasteiger partial charge in [0.2, 0.25) is 5.91 Å². The first-order chi connectivity index (χ1) is 18.4. The van der Waals surface area contributed by atoms with E-state index in [9.17, 15) is 4.79 Å². The molecular formula is C28H34N8O2. The molecule has 198 valence electrons. The minimum absolute atomic E-state index is 0.126. The monoisotopic (exact) mass is 514 g/mol.